The van der Waals surface area contributed by atoms with Gasteiger partial charge in [0.05, 0.1) is 16.1 Å². The van der Waals surface area contributed by atoms with E-state index in [0.29, 0.717) is 5.69 Å². The molecule has 2 aromatic carbocycles. The monoisotopic (exact) mass is 438 g/mol. The van der Waals surface area contributed by atoms with E-state index in [4.69, 9.17) is 11.6 Å². The molecule has 0 aliphatic rings. The number of nitrogens with one attached hydrogen (secondary N) is 1. The number of hydrogen-bond acceptors (Lipinski definition) is 5. The predicted octanol–water partition coefficient (Wildman–Crippen LogP) is 3.30. The van der Waals surface area contributed by atoms with Crippen molar-refractivity contribution < 1.29 is 13.2 Å². The quantitative estimate of drug-likeness (QED) is 0.597. The molecule has 0 radical (unpaired) electrons. The average Bonchev–Trinajstić information content (AvgIpc) is 3.00. The number of thioether (sulfide) groups is 1. The Morgan fingerprint density at radius 3 is 2.64 bits per heavy atom. The Morgan fingerprint density at radius 1 is 1.25 bits per heavy atom. The van der Waals surface area contributed by atoms with Crippen molar-refractivity contribution in [3.05, 3.63) is 47.5 Å². The van der Waals surface area contributed by atoms with Crippen LogP contribution in [0.3, 0.4) is 0 Å². The molecule has 3 rings (SSSR count). The van der Waals surface area contributed by atoms with Gasteiger partial charge in [0.15, 0.2) is 5.16 Å². The number of nitrogens with zero attached hydrogens (tertiary/aromatic N) is 3. The van der Waals surface area contributed by atoms with Crippen molar-refractivity contribution in [3.63, 3.8) is 0 Å². The molecule has 1 amide bonds. The molecule has 0 spiro atoms. The van der Waals surface area contributed by atoms with Crippen molar-refractivity contribution in [2.45, 2.75) is 16.6 Å². The summed E-state index contributed by atoms with van der Waals surface area (Å²) >= 11 is 7.50. The topological polar surface area (TPSA) is 84.3 Å². The number of aromatic nitrogens is 2. The minimum atomic E-state index is -3.72. The van der Waals surface area contributed by atoms with E-state index in [1.165, 1.54) is 38.0 Å². The molecule has 0 saturated heterocycles. The number of sulfonamides is 1. The maximum atomic E-state index is 12.6. The molecule has 0 fully saturated rings. The number of para-hydroxylation sites is 2. The van der Waals surface area contributed by atoms with E-state index in [2.05, 4.69) is 10.3 Å². The maximum Gasteiger partial charge on any atom is 0.244 e. The van der Waals surface area contributed by atoms with Crippen LogP contribution < -0.4 is 5.32 Å². The third kappa shape index (κ3) is 4.02. The van der Waals surface area contributed by atoms with Crippen LogP contribution in [-0.2, 0) is 21.4 Å². The van der Waals surface area contributed by atoms with Gasteiger partial charge in [-0.05, 0) is 36.6 Å². The van der Waals surface area contributed by atoms with Crippen molar-refractivity contribution in [1.82, 2.24) is 13.9 Å². The van der Waals surface area contributed by atoms with Crippen LogP contribution in [0.25, 0.3) is 11.0 Å². The normalized spacial score (nSPS) is 11.9. The fraction of sp³-hybridized carbons (Fsp3) is 0.222. The highest BCUT2D eigenvalue weighted by atomic mass is 35.5. The number of carbonyl (C=O) groups is 1. The zero-order valence-corrected chi connectivity index (χ0v) is 17.9. The first-order valence-electron chi connectivity index (χ1n) is 8.25. The molecule has 1 N–H and O–H groups in total. The predicted molar refractivity (Wildman–Crippen MR) is 112 cm³/mol. The Bertz CT molecular complexity index is 1140. The van der Waals surface area contributed by atoms with E-state index in [-0.39, 0.29) is 22.4 Å². The van der Waals surface area contributed by atoms with Gasteiger partial charge < -0.3 is 9.88 Å². The molecule has 0 unspecified atom stereocenters. The number of fused-ring (bicyclic) bond motifs is 1. The molecule has 0 aliphatic heterocycles. The zero-order chi connectivity index (χ0) is 20.5. The van der Waals surface area contributed by atoms with Crippen molar-refractivity contribution in [2.24, 2.45) is 0 Å². The first-order chi connectivity index (χ1) is 13.2. The highest BCUT2D eigenvalue weighted by molar-refractivity contribution is 7.98. The largest absolute Gasteiger partial charge is 0.324 e. The fourth-order valence-electron chi connectivity index (χ4n) is 2.68. The Kier molecular flexibility index (Phi) is 5.99. The molecule has 0 bridgehead atoms. The number of amides is 1. The molecule has 7 nitrogen and oxygen atoms in total. The number of benzene rings is 2. The summed E-state index contributed by atoms with van der Waals surface area (Å²) in [5.41, 5.74) is 2.02. The van der Waals surface area contributed by atoms with Gasteiger partial charge in [-0.1, -0.05) is 35.5 Å². The highest BCUT2D eigenvalue weighted by Gasteiger charge is 2.21. The molecule has 0 aliphatic carbocycles. The van der Waals surface area contributed by atoms with Gasteiger partial charge in [0.1, 0.15) is 11.4 Å². The molecule has 28 heavy (non-hydrogen) atoms. The summed E-state index contributed by atoms with van der Waals surface area (Å²) in [4.78, 5) is 17.1. The summed E-state index contributed by atoms with van der Waals surface area (Å²) in [5, 5.41) is 3.56. The third-order valence-electron chi connectivity index (χ3n) is 4.08. The van der Waals surface area contributed by atoms with Crippen molar-refractivity contribution in [1.29, 1.82) is 0 Å². The Balaban J connectivity index is 1.87. The molecular formula is C18H19ClN4O3S2. The van der Waals surface area contributed by atoms with E-state index in [9.17, 15) is 13.2 Å². The smallest absolute Gasteiger partial charge is 0.244 e. The molecular weight excluding hydrogens is 420 g/mol. The van der Waals surface area contributed by atoms with Gasteiger partial charge in [0.25, 0.3) is 0 Å². The third-order valence-corrected chi connectivity index (χ3v) is 7.05. The van der Waals surface area contributed by atoms with Gasteiger partial charge in [-0.25, -0.2) is 17.7 Å². The lowest BCUT2D eigenvalue weighted by molar-refractivity contribution is -0.116. The lowest BCUT2D eigenvalue weighted by atomic mass is 10.3. The van der Waals surface area contributed by atoms with E-state index in [1.54, 1.807) is 6.07 Å². The van der Waals surface area contributed by atoms with E-state index >= 15 is 0 Å². The van der Waals surface area contributed by atoms with Crippen molar-refractivity contribution >= 4 is 56.0 Å². The summed E-state index contributed by atoms with van der Waals surface area (Å²) in [6.07, 6.45) is 1.90. The Morgan fingerprint density at radius 2 is 1.96 bits per heavy atom. The first-order valence-corrected chi connectivity index (χ1v) is 11.3. The SMILES string of the molecule is CSc1nc2ccccc2n1CC(=O)Nc1ccc(Cl)c(S(=O)(=O)N(C)C)c1. The molecule has 10 heteroatoms. The van der Waals surface area contributed by atoms with Crippen molar-refractivity contribution in [2.75, 3.05) is 25.7 Å². The summed E-state index contributed by atoms with van der Waals surface area (Å²) in [7, 11) is -0.880. The first kappa shape index (κ1) is 20.7. The Hall–Kier alpha value is -2.07. The van der Waals surface area contributed by atoms with Crippen LogP contribution in [0.2, 0.25) is 5.02 Å². The number of halogens is 1. The molecule has 0 saturated carbocycles. The van der Waals surface area contributed by atoms with Crippen LogP contribution in [0.15, 0.2) is 52.5 Å². The van der Waals surface area contributed by atoms with Crippen LogP contribution in [-0.4, -0.2) is 48.5 Å². The standard InChI is InChI=1S/C18H19ClN4O3S2/c1-22(2)28(25,26)16-10-12(8-9-13(16)19)20-17(24)11-23-15-7-5-4-6-14(15)21-18(23)27-3/h4-10H,11H2,1-3H3,(H,20,24). The second-order valence-corrected chi connectivity index (χ2v) is 9.46. The zero-order valence-electron chi connectivity index (χ0n) is 15.5. The van der Waals surface area contributed by atoms with E-state index in [0.717, 1.165) is 20.5 Å². The average molecular weight is 439 g/mol. The van der Waals surface area contributed by atoms with Crippen molar-refractivity contribution in [3.8, 4) is 0 Å². The number of anilines is 1. The van der Waals surface area contributed by atoms with Crippen LogP contribution >= 0.6 is 23.4 Å². The number of carbonyl (C=O) groups excluding carboxylic acids is 1. The molecule has 1 heterocycles. The van der Waals surface area contributed by atoms with Crippen LogP contribution in [0.5, 0.6) is 0 Å². The Labute approximate surface area is 172 Å². The van der Waals surface area contributed by atoms with Gasteiger partial charge in [-0.15, -0.1) is 0 Å². The lowest BCUT2D eigenvalue weighted by Gasteiger charge is -2.14. The van der Waals surface area contributed by atoms with Gasteiger partial charge in [-0.2, -0.15) is 0 Å². The van der Waals surface area contributed by atoms with Crippen LogP contribution in [0.1, 0.15) is 0 Å². The summed E-state index contributed by atoms with van der Waals surface area (Å²) < 4.78 is 27.7. The van der Waals surface area contributed by atoms with E-state index in [1.807, 2.05) is 35.1 Å². The fourth-order valence-corrected chi connectivity index (χ4v) is 4.65. The number of hydrogen-bond donors (Lipinski definition) is 1. The molecule has 0 atom stereocenters. The summed E-state index contributed by atoms with van der Waals surface area (Å²) in [6, 6.07) is 12.0. The molecule has 1 aromatic heterocycles. The van der Waals surface area contributed by atoms with Crippen LogP contribution in [0.4, 0.5) is 5.69 Å². The second kappa shape index (κ2) is 8.12. The van der Waals surface area contributed by atoms with Gasteiger partial charge >= 0.3 is 0 Å². The lowest BCUT2D eigenvalue weighted by Crippen LogP contribution is -2.23. The van der Waals surface area contributed by atoms with E-state index < -0.39 is 10.0 Å². The number of imidazole rings is 1. The summed E-state index contributed by atoms with van der Waals surface area (Å²) in [5.74, 6) is -0.297. The second-order valence-electron chi connectivity index (χ2n) is 6.15. The number of rotatable bonds is 6. The van der Waals surface area contributed by atoms with Gasteiger partial charge in [0.2, 0.25) is 15.9 Å². The summed E-state index contributed by atoms with van der Waals surface area (Å²) in [6.45, 7) is 0.0507. The minimum Gasteiger partial charge on any atom is -0.324 e. The van der Waals surface area contributed by atoms with Crippen LogP contribution in [0, 0.1) is 0 Å². The molecule has 3 aromatic rings. The minimum absolute atomic E-state index is 0.0507. The molecule has 148 valence electrons. The highest BCUT2D eigenvalue weighted by Crippen LogP contribution is 2.27. The maximum absolute atomic E-state index is 12.6. The van der Waals surface area contributed by atoms with Gasteiger partial charge in [0, 0.05) is 19.8 Å². The van der Waals surface area contributed by atoms with Gasteiger partial charge in [-0.3, -0.25) is 4.79 Å².